The summed E-state index contributed by atoms with van der Waals surface area (Å²) in [6, 6.07) is 15.7. The standard InChI is InChI=1S/C10H9N2.C6H5NO2.Ir/c1-12-8-7-11-10(12)9-5-3-2-4-6-9;8-6(9)5-3-1-2-4-7-5;/h2-5,7-8H,1H3;1-4H,(H,8,9);/q-1;;. The van der Waals surface area contributed by atoms with Gasteiger partial charge in [-0.15, -0.1) is 35.9 Å². The van der Waals surface area contributed by atoms with E-state index in [1.165, 1.54) is 12.3 Å². The maximum atomic E-state index is 10.1. The number of hydrogen-bond donors (Lipinski definition) is 1. The fraction of sp³-hybridized carbons (Fsp3) is 0.0625. The second-order valence-corrected chi connectivity index (χ2v) is 4.16. The Balaban J connectivity index is 0.000000219. The second kappa shape index (κ2) is 8.87. The molecule has 0 atom stereocenters. The van der Waals surface area contributed by atoms with Gasteiger partial charge in [-0.3, -0.25) is 4.98 Å². The van der Waals surface area contributed by atoms with Gasteiger partial charge in [0, 0.05) is 45.7 Å². The molecule has 6 heteroatoms. The molecule has 0 bridgehead atoms. The van der Waals surface area contributed by atoms with Gasteiger partial charge in [0.1, 0.15) is 5.69 Å². The van der Waals surface area contributed by atoms with Crippen molar-refractivity contribution in [1.82, 2.24) is 14.5 Å². The summed E-state index contributed by atoms with van der Waals surface area (Å²) in [6.07, 6.45) is 5.16. The summed E-state index contributed by atoms with van der Waals surface area (Å²) in [5.74, 6) is -0.0359. The molecule has 1 radical (unpaired) electrons. The smallest absolute Gasteiger partial charge is 0.354 e. The Morgan fingerprint density at radius 1 is 1.14 bits per heavy atom. The molecule has 0 unspecified atom stereocenters. The van der Waals surface area contributed by atoms with Crippen molar-refractivity contribution < 1.29 is 30.0 Å². The van der Waals surface area contributed by atoms with Crippen molar-refractivity contribution in [2.45, 2.75) is 0 Å². The van der Waals surface area contributed by atoms with Crippen molar-refractivity contribution in [2.75, 3.05) is 0 Å². The van der Waals surface area contributed by atoms with E-state index in [9.17, 15) is 4.79 Å². The molecule has 2 heterocycles. The molecule has 0 saturated carbocycles. The molecule has 0 aliphatic rings. The van der Waals surface area contributed by atoms with E-state index in [4.69, 9.17) is 5.11 Å². The number of aryl methyl sites for hydroxylation is 1. The molecule has 22 heavy (non-hydrogen) atoms. The Morgan fingerprint density at radius 3 is 2.36 bits per heavy atom. The Kier molecular flexibility index (Phi) is 7.16. The van der Waals surface area contributed by atoms with Gasteiger partial charge in [0.2, 0.25) is 0 Å². The molecule has 0 aliphatic carbocycles. The molecule has 1 N–H and O–H groups in total. The van der Waals surface area contributed by atoms with Gasteiger partial charge in [-0.2, -0.15) is 0 Å². The number of imidazole rings is 1. The Labute approximate surface area is 142 Å². The van der Waals surface area contributed by atoms with Gasteiger partial charge in [0.05, 0.1) is 5.82 Å². The SMILES string of the molecule is Cn1ccnc1-c1[c-]cccc1.O=C(O)c1ccccn1.[Ir]. The number of hydrogen-bond acceptors (Lipinski definition) is 3. The van der Waals surface area contributed by atoms with Crippen LogP contribution in [0.5, 0.6) is 0 Å². The van der Waals surface area contributed by atoms with Crippen LogP contribution in [0, 0.1) is 6.07 Å². The van der Waals surface area contributed by atoms with Crippen LogP contribution in [0.1, 0.15) is 10.5 Å². The molecular weight excluding hydrogens is 458 g/mol. The van der Waals surface area contributed by atoms with E-state index in [0.29, 0.717) is 0 Å². The van der Waals surface area contributed by atoms with Crippen molar-refractivity contribution in [3.8, 4) is 11.4 Å². The molecule has 0 spiro atoms. The van der Waals surface area contributed by atoms with Crippen LogP contribution < -0.4 is 0 Å². The molecule has 115 valence electrons. The maximum absolute atomic E-state index is 10.1. The quantitative estimate of drug-likeness (QED) is 0.583. The Morgan fingerprint density at radius 2 is 1.91 bits per heavy atom. The van der Waals surface area contributed by atoms with Gasteiger partial charge in [-0.1, -0.05) is 6.07 Å². The molecule has 5 nitrogen and oxygen atoms in total. The summed E-state index contributed by atoms with van der Waals surface area (Å²) in [4.78, 5) is 17.9. The number of carboxylic acids is 1. The fourth-order valence-corrected chi connectivity index (χ4v) is 1.65. The monoisotopic (exact) mass is 473 g/mol. The molecule has 0 fully saturated rings. The van der Waals surface area contributed by atoms with Gasteiger partial charge in [-0.05, 0) is 12.1 Å². The van der Waals surface area contributed by atoms with Crippen molar-refractivity contribution in [3.05, 3.63) is 72.8 Å². The van der Waals surface area contributed by atoms with Crippen LogP contribution in [0.25, 0.3) is 11.4 Å². The summed E-state index contributed by atoms with van der Waals surface area (Å²) in [7, 11) is 1.98. The van der Waals surface area contributed by atoms with Crippen LogP contribution in [-0.4, -0.2) is 25.6 Å². The zero-order valence-electron chi connectivity index (χ0n) is 11.8. The number of carbonyl (C=O) groups is 1. The van der Waals surface area contributed by atoms with Gasteiger partial charge < -0.3 is 9.67 Å². The molecular formula is C16H14IrN3O2-. The van der Waals surface area contributed by atoms with Crippen molar-refractivity contribution in [1.29, 1.82) is 0 Å². The average molecular weight is 473 g/mol. The first-order valence-electron chi connectivity index (χ1n) is 6.27. The predicted molar refractivity (Wildman–Crippen MR) is 78.7 cm³/mol. The summed E-state index contributed by atoms with van der Waals surface area (Å²) >= 11 is 0. The van der Waals surface area contributed by atoms with E-state index in [0.717, 1.165) is 11.4 Å². The summed E-state index contributed by atoms with van der Waals surface area (Å²) in [6.45, 7) is 0. The predicted octanol–water partition coefficient (Wildman–Crippen LogP) is 2.66. The third-order valence-corrected chi connectivity index (χ3v) is 2.66. The maximum Gasteiger partial charge on any atom is 0.354 e. The zero-order valence-corrected chi connectivity index (χ0v) is 14.2. The van der Waals surface area contributed by atoms with E-state index in [1.807, 2.05) is 42.1 Å². The number of aromatic nitrogens is 3. The van der Waals surface area contributed by atoms with Crippen LogP contribution in [0.3, 0.4) is 0 Å². The number of aromatic carboxylic acids is 1. The fourth-order valence-electron chi connectivity index (χ4n) is 1.65. The minimum atomic E-state index is -0.990. The van der Waals surface area contributed by atoms with Crippen molar-refractivity contribution in [2.24, 2.45) is 7.05 Å². The minimum absolute atomic E-state index is 0. The molecule has 0 saturated heterocycles. The topological polar surface area (TPSA) is 68.0 Å². The van der Waals surface area contributed by atoms with E-state index >= 15 is 0 Å². The van der Waals surface area contributed by atoms with E-state index in [1.54, 1.807) is 18.3 Å². The number of carboxylic acid groups (broad SMARTS) is 1. The third kappa shape index (κ3) is 4.91. The van der Waals surface area contributed by atoms with E-state index < -0.39 is 5.97 Å². The number of rotatable bonds is 2. The van der Waals surface area contributed by atoms with Crippen LogP contribution in [0.2, 0.25) is 0 Å². The zero-order chi connectivity index (χ0) is 15.1. The van der Waals surface area contributed by atoms with Crippen molar-refractivity contribution in [3.63, 3.8) is 0 Å². The summed E-state index contributed by atoms with van der Waals surface area (Å²) in [5.41, 5.74) is 1.11. The molecule has 2 aromatic heterocycles. The van der Waals surface area contributed by atoms with Crippen LogP contribution in [0.4, 0.5) is 0 Å². The van der Waals surface area contributed by atoms with Gasteiger partial charge >= 0.3 is 5.97 Å². The summed E-state index contributed by atoms with van der Waals surface area (Å²) < 4.78 is 1.98. The van der Waals surface area contributed by atoms with Crippen LogP contribution in [0.15, 0.2) is 61.1 Å². The molecule has 3 rings (SSSR count). The van der Waals surface area contributed by atoms with Crippen LogP contribution >= 0.6 is 0 Å². The van der Waals surface area contributed by atoms with E-state index in [-0.39, 0.29) is 25.8 Å². The number of benzene rings is 1. The third-order valence-electron chi connectivity index (χ3n) is 2.66. The largest absolute Gasteiger partial charge is 0.477 e. The van der Waals surface area contributed by atoms with Crippen molar-refractivity contribution >= 4 is 5.97 Å². The number of pyridine rings is 1. The second-order valence-electron chi connectivity index (χ2n) is 4.16. The molecule has 3 aromatic rings. The first kappa shape index (κ1) is 17.8. The average Bonchev–Trinajstić information content (AvgIpc) is 2.96. The van der Waals surface area contributed by atoms with Gasteiger partial charge in [-0.25, -0.2) is 9.78 Å². The van der Waals surface area contributed by atoms with Gasteiger partial charge in [0.15, 0.2) is 0 Å². The van der Waals surface area contributed by atoms with Crippen LogP contribution in [-0.2, 0) is 27.2 Å². The first-order valence-corrected chi connectivity index (χ1v) is 6.27. The number of nitrogens with zero attached hydrogens (tertiary/aromatic N) is 3. The molecule has 1 aromatic carbocycles. The molecule has 0 amide bonds. The van der Waals surface area contributed by atoms with E-state index in [2.05, 4.69) is 16.0 Å². The first-order chi connectivity index (χ1) is 10.2. The van der Waals surface area contributed by atoms with Gasteiger partial charge in [0.25, 0.3) is 0 Å². The summed E-state index contributed by atoms with van der Waals surface area (Å²) in [5, 5.41) is 8.32. The normalized spacial score (nSPS) is 9.14. The minimum Gasteiger partial charge on any atom is -0.477 e. The Hall–Kier alpha value is -2.30. The Bertz CT molecular complexity index is 700. The molecule has 0 aliphatic heterocycles.